The maximum absolute atomic E-state index is 11.8. The van der Waals surface area contributed by atoms with Gasteiger partial charge in [0.2, 0.25) is 5.91 Å². The minimum absolute atomic E-state index is 0.0288. The van der Waals surface area contributed by atoms with Crippen molar-refractivity contribution in [2.24, 2.45) is 0 Å². The molecule has 124 valence electrons. The summed E-state index contributed by atoms with van der Waals surface area (Å²) in [7, 11) is 0. The van der Waals surface area contributed by atoms with E-state index >= 15 is 0 Å². The number of aliphatic hydroxyl groups excluding tert-OH is 1. The highest BCUT2D eigenvalue weighted by Crippen LogP contribution is 2.23. The van der Waals surface area contributed by atoms with Crippen LogP contribution in [-0.4, -0.2) is 30.3 Å². The topological polar surface area (TPSA) is 84.6 Å². The van der Waals surface area contributed by atoms with Gasteiger partial charge in [-0.3, -0.25) is 4.79 Å². The first-order chi connectivity index (χ1) is 10.6. The number of hydrogen-bond acceptors (Lipinski definition) is 4. The summed E-state index contributed by atoms with van der Waals surface area (Å²) in [5.41, 5.74) is 7.59. The fourth-order valence-corrected chi connectivity index (χ4v) is 2.05. The standard InChI is InChI=1S/C17H28N2O3/c1-3-5-10-22-16-8-6-13(11-15(16)18)7-9-17(21)19-14(4-2)12-20/h6,8,11,14,20H,3-5,7,9-10,12,18H2,1-2H3,(H,19,21). The molecular weight excluding hydrogens is 280 g/mol. The van der Waals surface area contributed by atoms with Gasteiger partial charge in [-0.25, -0.2) is 0 Å². The maximum atomic E-state index is 11.8. The molecule has 1 aromatic carbocycles. The van der Waals surface area contributed by atoms with Crippen LogP contribution in [0.15, 0.2) is 18.2 Å². The van der Waals surface area contributed by atoms with Crippen molar-refractivity contribution in [3.05, 3.63) is 23.8 Å². The monoisotopic (exact) mass is 308 g/mol. The van der Waals surface area contributed by atoms with Gasteiger partial charge in [0.25, 0.3) is 0 Å². The predicted octanol–water partition coefficient (Wildman–Crippen LogP) is 2.27. The van der Waals surface area contributed by atoms with Crippen LogP contribution in [0.2, 0.25) is 0 Å². The van der Waals surface area contributed by atoms with E-state index in [4.69, 9.17) is 15.6 Å². The van der Waals surface area contributed by atoms with Gasteiger partial charge in [0.1, 0.15) is 5.75 Å². The molecule has 1 rings (SSSR count). The SMILES string of the molecule is CCCCOc1ccc(CCC(=O)NC(CC)CO)cc1N. The minimum Gasteiger partial charge on any atom is -0.491 e. The van der Waals surface area contributed by atoms with Gasteiger partial charge in [0.15, 0.2) is 0 Å². The van der Waals surface area contributed by atoms with Crippen molar-refractivity contribution in [2.75, 3.05) is 18.9 Å². The molecule has 0 heterocycles. The summed E-state index contributed by atoms with van der Waals surface area (Å²) in [4.78, 5) is 11.8. The van der Waals surface area contributed by atoms with E-state index < -0.39 is 0 Å². The first-order valence-corrected chi connectivity index (χ1v) is 8.02. The molecule has 22 heavy (non-hydrogen) atoms. The molecule has 0 spiro atoms. The number of carbonyl (C=O) groups is 1. The van der Waals surface area contributed by atoms with Crippen LogP contribution in [0.5, 0.6) is 5.75 Å². The Balaban J connectivity index is 2.46. The van der Waals surface area contributed by atoms with Crippen LogP contribution in [0.4, 0.5) is 5.69 Å². The number of aliphatic hydroxyl groups is 1. The summed E-state index contributed by atoms with van der Waals surface area (Å²) in [6.07, 6.45) is 3.81. The lowest BCUT2D eigenvalue weighted by atomic mass is 10.1. The lowest BCUT2D eigenvalue weighted by molar-refractivity contribution is -0.122. The minimum atomic E-state index is -0.160. The number of carbonyl (C=O) groups excluding carboxylic acids is 1. The Hall–Kier alpha value is -1.75. The molecule has 0 bridgehead atoms. The third-order valence-electron chi connectivity index (χ3n) is 3.55. The van der Waals surface area contributed by atoms with Crippen LogP contribution in [0.1, 0.15) is 45.1 Å². The zero-order valence-corrected chi connectivity index (χ0v) is 13.6. The van der Waals surface area contributed by atoms with Gasteiger partial charge in [-0.2, -0.15) is 0 Å². The number of nitrogens with two attached hydrogens (primary N) is 1. The molecule has 1 aromatic rings. The van der Waals surface area contributed by atoms with Gasteiger partial charge in [-0.1, -0.05) is 26.3 Å². The number of nitrogens with one attached hydrogen (secondary N) is 1. The highest BCUT2D eigenvalue weighted by Gasteiger charge is 2.09. The van der Waals surface area contributed by atoms with E-state index in [2.05, 4.69) is 12.2 Å². The summed E-state index contributed by atoms with van der Waals surface area (Å²) in [6.45, 7) is 4.68. The fourth-order valence-electron chi connectivity index (χ4n) is 2.05. The number of ether oxygens (including phenoxy) is 1. The fraction of sp³-hybridized carbons (Fsp3) is 0.588. The zero-order valence-electron chi connectivity index (χ0n) is 13.6. The van der Waals surface area contributed by atoms with Crippen molar-refractivity contribution in [1.82, 2.24) is 5.32 Å². The number of anilines is 1. The summed E-state index contributed by atoms with van der Waals surface area (Å²) in [5, 5.41) is 11.9. The molecule has 0 saturated heterocycles. The van der Waals surface area contributed by atoms with Crippen molar-refractivity contribution in [3.8, 4) is 5.75 Å². The Labute approximate surface area is 132 Å². The van der Waals surface area contributed by atoms with E-state index in [0.717, 1.165) is 24.8 Å². The molecule has 0 saturated carbocycles. The lowest BCUT2D eigenvalue weighted by Gasteiger charge is -2.14. The molecule has 5 heteroatoms. The Morgan fingerprint density at radius 1 is 1.41 bits per heavy atom. The molecule has 4 N–H and O–H groups in total. The van der Waals surface area contributed by atoms with Crippen LogP contribution in [0, 0.1) is 0 Å². The average Bonchev–Trinajstić information content (AvgIpc) is 2.52. The van der Waals surface area contributed by atoms with Gasteiger partial charge < -0.3 is 20.9 Å². The van der Waals surface area contributed by atoms with Crippen molar-refractivity contribution < 1.29 is 14.6 Å². The molecule has 0 aliphatic carbocycles. The average molecular weight is 308 g/mol. The smallest absolute Gasteiger partial charge is 0.220 e. The molecule has 0 radical (unpaired) electrons. The first-order valence-electron chi connectivity index (χ1n) is 8.02. The summed E-state index contributed by atoms with van der Waals surface area (Å²) in [6, 6.07) is 5.50. The second kappa shape index (κ2) is 10.1. The Morgan fingerprint density at radius 3 is 2.77 bits per heavy atom. The van der Waals surface area contributed by atoms with Gasteiger partial charge in [0.05, 0.1) is 24.9 Å². The van der Waals surface area contributed by atoms with Gasteiger partial charge >= 0.3 is 0 Å². The van der Waals surface area contributed by atoms with Crippen LogP contribution in [-0.2, 0) is 11.2 Å². The van der Waals surface area contributed by atoms with Crippen LogP contribution in [0.3, 0.4) is 0 Å². The van der Waals surface area contributed by atoms with Crippen LogP contribution < -0.4 is 15.8 Å². The highest BCUT2D eigenvalue weighted by atomic mass is 16.5. The second-order valence-electron chi connectivity index (χ2n) is 5.43. The van der Waals surface area contributed by atoms with Crippen LogP contribution >= 0.6 is 0 Å². The molecular formula is C17H28N2O3. The van der Waals surface area contributed by atoms with E-state index in [1.165, 1.54) is 0 Å². The summed E-state index contributed by atoms with van der Waals surface area (Å²) in [5.74, 6) is 0.649. The Kier molecular flexibility index (Phi) is 8.36. The maximum Gasteiger partial charge on any atom is 0.220 e. The largest absolute Gasteiger partial charge is 0.491 e. The molecule has 1 amide bonds. The predicted molar refractivity (Wildman–Crippen MR) is 88.9 cm³/mol. The summed E-state index contributed by atoms with van der Waals surface area (Å²) >= 11 is 0. The summed E-state index contributed by atoms with van der Waals surface area (Å²) < 4.78 is 5.61. The first kappa shape index (κ1) is 18.3. The second-order valence-corrected chi connectivity index (χ2v) is 5.43. The van der Waals surface area contributed by atoms with E-state index in [1.807, 2.05) is 25.1 Å². The number of unbranched alkanes of at least 4 members (excludes halogenated alkanes) is 1. The molecule has 0 aromatic heterocycles. The molecule has 0 fully saturated rings. The van der Waals surface area contributed by atoms with E-state index in [1.54, 1.807) is 0 Å². The normalized spacial score (nSPS) is 12.0. The van der Waals surface area contributed by atoms with Gasteiger partial charge in [-0.15, -0.1) is 0 Å². The molecule has 0 aliphatic heterocycles. The number of rotatable bonds is 10. The molecule has 5 nitrogen and oxygen atoms in total. The molecule has 1 atom stereocenters. The van der Waals surface area contributed by atoms with Crippen LogP contribution in [0.25, 0.3) is 0 Å². The lowest BCUT2D eigenvalue weighted by Crippen LogP contribution is -2.37. The number of amides is 1. The van der Waals surface area contributed by atoms with E-state index in [9.17, 15) is 4.79 Å². The number of hydrogen-bond donors (Lipinski definition) is 3. The number of aryl methyl sites for hydroxylation is 1. The third kappa shape index (κ3) is 6.35. The van der Waals surface area contributed by atoms with E-state index in [-0.39, 0.29) is 18.6 Å². The highest BCUT2D eigenvalue weighted by molar-refractivity contribution is 5.76. The van der Waals surface area contributed by atoms with Crippen molar-refractivity contribution in [1.29, 1.82) is 0 Å². The number of nitrogen functional groups attached to an aromatic ring is 1. The van der Waals surface area contributed by atoms with E-state index in [0.29, 0.717) is 30.9 Å². The van der Waals surface area contributed by atoms with Crippen molar-refractivity contribution in [3.63, 3.8) is 0 Å². The zero-order chi connectivity index (χ0) is 16.4. The Morgan fingerprint density at radius 2 is 2.18 bits per heavy atom. The number of benzene rings is 1. The van der Waals surface area contributed by atoms with Gasteiger partial charge in [0, 0.05) is 6.42 Å². The van der Waals surface area contributed by atoms with Gasteiger partial charge in [-0.05, 0) is 37.0 Å². The van der Waals surface area contributed by atoms with Crippen molar-refractivity contribution in [2.45, 2.75) is 52.0 Å². The molecule has 1 unspecified atom stereocenters. The van der Waals surface area contributed by atoms with Crippen molar-refractivity contribution >= 4 is 11.6 Å². The quantitative estimate of drug-likeness (QED) is 0.457. The third-order valence-corrected chi connectivity index (χ3v) is 3.55. The Bertz CT molecular complexity index is 459. The molecule has 0 aliphatic rings.